The minimum Gasteiger partial charge on any atom is -0.338 e. The lowest BCUT2D eigenvalue weighted by Gasteiger charge is -2.19. The average molecular weight is 260 g/mol. The van der Waals surface area contributed by atoms with Gasteiger partial charge in [0.05, 0.1) is 11.3 Å². The van der Waals surface area contributed by atoms with E-state index in [0.717, 1.165) is 31.6 Å². The molecule has 1 aliphatic carbocycles. The van der Waals surface area contributed by atoms with Crippen LogP contribution < -0.4 is 5.73 Å². The third-order valence-corrected chi connectivity index (χ3v) is 4.53. The molecule has 5 heteroatoms. The van der Waals surface area contributed by atoms with Crippen LogP contribution in [0, 0.1) is 25.7 Å². The van der Waals surface area contributed by atoms with Gasteiger partial charge in [0.2, 0.25) is 0 Å². The van der Waals surface area contributed by atoms with Crippen molar-refractivity contribution in [1.82, 2.24) is 14.9 Å². The number of carbonyl (C=O) groups is 1. The monoisotopic (exact) mass is 260 g/mol. The molecule has 3 unspecified atom stereocenters. The zero-order chi connectivity index (χ0) is 13.6. The second kappa shape index (κ2) is 4.56. The summed E-state index contributed by atoms with van der Waals surface area (Å²) in [6.07, 6.45) is 3.90. The molecule has 1 aromatic heterocycles. The molecule has 1 aliphatic heterocycles. The van der Waals surface area contributed by atoms with Gasteiger partial charge in [-0.1, -0.05) is 0 Å². The third kappa shape index (κ3) is 2.12. The number of amides is 1. The van der Waals surface area contributed by atoms with Crippen molar-refractivity contribution in [2.24, 2.45) is 17.6 Å². The highest BCUT2D eigenvalue weighted by Crippen LogP contribution is 2.37. The van der Waals surface area contributed by atoms with Gasteiger partial charge in [0.1, 0.15) is 5.82 Å². The SMILES string of the molecule is Cc1ncc(C(=O)N2CC3CCC(N)C3C2)c(C)n1. The highest BCUT2D eigenvalue weighted by atomic mass is 16.2. The molecule has 3 rings (SSSR count). The number of hydrogen-bond acceptors (Lipinski definition) is 4. The number of carbonyl (C=O) groups excluding carboxylic acids is 1. The number of nitrogens with zero attached hydrogens (tertiary/aromatic N) is 3. The number of likely N-dealkylation sites (tertiary alicyclic amines) is 1. The molecule has 0 radical (unpaired) electrons. The first-order chi connectivity index (χ1) is 9.06. The summed E-state index contributed by atoms with van der Waals surface area (Å²) in [4.78, 5) is 22.9. The summed E-state index contributed by atoms with van der Waals surface area (Å²) in [5, 5.41) is 0. The standard InChI is InChI=1S/C14H20N4O/c1-8-11(5-16-9(2)17-8)14(19)18-6-10-3-4-13(15)12(10)7-18/h5,10,12-13H,3-4,6-7,15H2,1-2H3. The lowest BCUT2D eigenvalue weighted by atomic mass is 9.98. The Morgan fingerprint density at radius 2 is 2.16 bits per heavy atom. The van der Waals surface area contributed by atoms with E-state index in [9.17, 15) is 4.79 Å². The smallest absolute Gasteiger partial charge is 0.257 e. The molecule has 1 saturated carbocycles. The first kappa shape index (κ1) is 12.5. The fraction of sp³-hybridized carbons (Fsp3) is 0.643. The van der Waals surface area contributed by atoms with Crippen LogP contribution in [0.15, 0.2) is 6.20 Å². The lowest BCUT2D eigenvalue weighted by Crippen LogP contribution is -2.34. The molecule has 19 heavy (non-hydrogen) atoms. The number of aryl methyl sites for hydroxylation is 2. The van der Waals surface area contributed by atoms with Crippen LogP contribution in [0.4, 0.5) is 0 Å². The molecule has 0 spiro atoms. The van der Waals surface area contributed by atoms with E-state index in [4.69, 9.17) is 5.73 Å². The molecular formula is C14H20N4O. The van der Waals surface area contributed by atoms with Gasteiger partial charge in [-0.15, -0.1) is 0 Å². The predicted octanol–water partition coefficient (Wildman–Crippen LogP) is 0.903. The first-order valence-electron chi connectivity index (χ1n) is 6.91. The van der Waals surface area contributed by atoms with Gasteiger partial charge < -0.3 is 10.6 Å². The Morgan fingerprint density at radius 3 is 2.84 bits per heavy atom. The lowest BCUT2D eigenvalue weighted by molar-refractivity contribution is 0.0778. The molecule has 1 saturated heterocycles. The van der Waals surface area contributed by atoms with Crippen LogP contribution in [-0.4, -0.2) is 39.9 Å². The van der Waals surface area contributed by atoms with E-state index in [1.807, 2.05) is 18.7 Å². The van der Waals surface area contributed by atoms with Crippen LogP contribution in [-0.2, 0) is 0 Å². The van der Waals surface area contributed by atoms with Gasteiger partial charge in [0.25, 0.3) is 5.91 Å². The molecule has 102 valence electrons. The number of rotatable bonds is 1. The van der Waals surface area contributed by atoms with Crippen molar-refractivity contribution in [2.75, 3.05) is 13.1 Å². The van der Waals surface area contributed by atoms with Gasteiger partial charge in [-0.25, -0.2) is 9.97 Å². The largest absolute Gasteiger partial charge is 0.338 e. The predicted molar refractivity (Wildman–Crippen MR) is 71.6 cm³/mol. The Labute approximate surface area is 113 Å². The maximum atomic E-state index is 12.5. The van der Waals surface area contributed by atoms with Crippen molar-refractivity contribution in [3.8, 4) is 0 Å². The van der Waals surface area contributed by atoms with Crippen LogP contribution >= 0.6 is 0 Å². The Kier molecular flexibility index (Phi) is 3.01. The molecule has 3 atom stereocenters. The fourth-order valence-electron chi connectivity index (χ4n) is 3.44. The average Bonchev–Trinajstić information content (AvgIpc) is 2.91. The van der Waals surface area contributed by atoms with Crippen LogP contribution in [0.5, 0.6) is 0 Å². The summed E-state index contributed by atoms with van der Waals surface area (Å²) in [7, 11) is 0. The zero-order valence-electron chi connectivity index (χ0n) is 11.5. The number of aromatic nitrogens is 2. The summed E-state index contributed by atoms with van der Waals surface area (Å²) in [6.45, 7) is 5.33. The van der Waals surface area contributed by atoms with E-state index in [1.54, 1.807) is 6.20 Å². The van der Waals surface area contributed by atoms with Crippen molar-refractivity contribution >= 4 is 5.91 Å². The molecule has 0 aromatic carbocycles. The van der Waals surface area contributed by atoms with Gasteiger partial charge in [0.15, 0.2) is 0 Å². The minimum atomic E-state index is 0.0547. The number of hydrogen-bond donors (Lipinski definition) is 1. The maximum absolute atomic E-state index is 12.5. The topological polar surface area (TPSA) is 72.1 Å². The second-order valence-electron chi connectivity index (χ2n) is 5.79. The highest BCUT2D eigenvalue weighted by molar-refractivity contribution is 5.95. The fourth-order valence-corrected chi connectivity index (χ4v) is 3.44. The van der Waals surface area contributed by atoms with Crippen molar-refractivity contribution in [1.29, 1.82) is 0 Å². The summed E-state index contributed by atoms with van der Waals surface area (Å²) < 4.78 is 0. The minimum absolute atomic E-state index is 0.0547. The number of nitrogens with two attached hydrogens (primary N) is 1. The third-order valence-electron chi connectivity index (χ3n) is 4.53. The van der Waals surface area contributed by atoms with Gasteiger partial charge in [-0.2, -0.15) is 0 Å². The normalized spacial score (nSPS) is 29.6. The van der Waals surface area contributed by atoms with Gasteiger partial charge >= 0.3 is 0 Å². The Bertz CT molecular complexity index is 516. The molecule has 2 fully saturated rings. The molecule has 1 amide bonds. The van der Waals surface area contributed by atoms with Crippen LogP contribution in [0.1, 0.15) is 34.7 Å². The molecule has 2 heterocycles. The first-order valence-corrected chi connectivity index (χ1v) is 6.91. The van der Waals surface area contributed by atoms with Crippen LogP contribution in [0.2, 0.25) is 0 Å². The summed E-state index contributed by atoms with van der Waals surface area (Å²) in [6, 6.07) is 0.262. The molecular weight excluding hydrogens is 240 g/mol. The Hall–Kier alpha value is -1.49. The van der Waals surface area contributed by atoms with Crippen molar-refractivity contribution in [3.05, 3.63) is 23.3 Å². The summed E-state index contributed by atoms with van der Waals surface area (Å²) >= 11 is 0. The van der Waals surface area contributed by atoms with Gasteiger partial charge in [-0.05, 0) is 38.5 Å². The summed E-state index contributed by atoms with van der Waals surface area (Å²) in [5.74, 6) is 1.83. The number of fused-ring (bicyclic) bond motifs is 1. The van der Waals surface area contributed by atoms with Crippen molar-refractivity contribution in [3.63, 3.8) is 0 Å². The summed E-state index contributed by atoms with van der Waals surface area (Å²) in [5.41, 5.74) is 7.50. The van der Waals surface area contributed by atoms with Crippen LogP contribution in [0.25, 0.3) is 0 Å². The molecule has 1 aromatic rings. The molecule has 5 nitrogen and oxygen atoms in total. The van der Waals surface area contributed by atoms with E-state index in [1.165, 1.54) is 0 Å². The zero-order valence-corrected chi connectivity index (χ0v) is 11.5. The van der Waals surface area contributed by atoms with E-state index in [-0.39, 0.29) is 11.9 Å². The van der Waals surface area contributed by atoms with Crippen molar-refractivity contribution < 1.29 is 4.79 Å². The maximum Gasteiger partial charge on any atom is 0.257 e. The molecule has 2 aliphatic rings. The van der Waals surface area contributed by atoms with E-state index in [0.29, 0.717) is 23.2 Å². The molecule has 2 N–H and O–H groups in total. The van der Waals surface area contributed by atoms with E-state index >= 15 is 0 Å². The second-order valence-corrected chi connectivity index (χ2v) is 5.79. The van der Waals surface area contributed by atoms with Gasteiger partial charge in [0, 0.05) is 25.3 Å². The Balaban J connectivity index is 1.78. The van der Waals surface area contributed by atoms with E-state index in [2.05, 4.69) is 9.97 Å². The quantitative estimate of drug-likeness (QED) is 0.814. The van der Waals surface area contributed by atoms with E-state index < -0.39 is 0 Å². The highest BCUT2D eigenvalue weighted by Gasteiger charge is 2.42. The molecule has 0 bridgehead atoms. The van der Waals surface area contributed by atoms with Gasteiger partial charge in [-0.3, -0.25) is 4.79 Å². The van der Waals surface area contributed by atoms with Crippen molar-refractivity contribution in [2.45, 2.75) is 32.7 Å². The van der Waals surface area contributed by atoms with Crippen LogP contribution in [0.3, 0.4) is 0 Å². The Morgan fingerprint density at radius 1 is 1.37 bits per heavy atom.